The summed E-state index contributed by atoms with van der Waals surface area (Å²) in [4.78, 5) is 0. The van der Waals surface area contributed by atoms with E-state index in [2.05, 4.69) is 33.0 Å². The fraction of sp³-hybridized carbons (Fsp3) is 1.00. The number of hydrogen-bond donors (Lipinski definition) is 2. The zero-order valence-corrected chi connectivity index (χ0v) is 9.56. The molecule has 0 heterocycles. The van der Waals surface area contributed by atoms with Crippen LogP contribution in [0.15, 0.2) is 0 Å². The molecule has 0 saturated heterocycles. The largest absolute Gasteiger partial charge is 0.396 e. The van der Waals surface area contributed by atoms with Gasteiger partial charge in [-0.05, 0) is 30.7 Å². The maximum Gasteiger partial charge on any atom is 0.0436 e. The van der Waals surface area contributed by atoms with Crippen molar-refractivity contribution in [3.8, 4) is 0 Å². The van der Waals surface area contributed by atoms with Crippen molar-refractivity contribution < 1.29 is 5.11 Å². The molecule has 0 aromatic rings. The monoisotopic (exact) mass is 187 g/mol. The van der Waals surface area contributed by atoms with Gasteiger partial charge in [-0.3, -0.25) is 0 Å². The molecular formula is C11H25NO. The third-order valence-electron chi connectivity index (χ3n) is 2.29. The van der Waals surface area contributed by atoms with Gasteiger partial charge >= 0.3 is 0 Å². The summed E-state index contributed by atoms with van der Waals surface area (Å²) in [5.74, 6) is 0.772. The van der Waals surface area contributed by atoms with Crippen LogP contribution in [0.25, 0.3) is 0 Å². The van der Waals surface area contributed by atoms with Crippen LogP contribution in [-0.2, 0) is 0 Å². The Labute approximate surface area is 82.7 Å². The molecule has 0 aliphatic rings. The lowest BCUT2D eigenvalue weighted by atomic mass is 9.90. The van der Waals surface area contributed by atoms with Crippen LogP contribution < -0.4 is 5.32 Å². The minimum Gasteiger partial charge on any atom is -0.396 e. The highest BCUT2D eigenvalue weighted by Gasteiger charge is 2.15. The molecule has 0 aromatic heterocycles. The highest BCUT2D eigenvalue weighted by Crippen LogP contribution is 2.17. The van der Waals surface area contributed by atoms with Gasteiger partial charge in [-0.25, -0.2) is 0 Å². The molecule has 0 radical (unpaired) electrons. The van der Waals surface area contributed by atoms with E-state index in [4.69, 9.17) is 5.11 Å². The van der Waals surface area contributed by atoms with Crippen molar-refractivity contribution in [2.75, 3.05) is 19.7 Å². The van der Waals surface area contributed by atoms with Gasteiger partial charge in [-0.1, -0.05) is 27.7 Å². The summed E-state index contributed by atoms with van der Waals surface area (Å²) in [5.41, 5.74) is 0.228. The topological polar surface area (TPSA) is 32.3 Å². The molecule has 0 aromatic carbocycles. The Morgan fingerprint density at radius 2 is 1.92 bits per heavy atom. The van der Waals surface area contributed by atoms with Gasteiger partial charge in [0.15, 0.2) is 0 Å². The average Bonchev–Trinajstić information content (AvgIpc) is 1.98. The first-order valence-corrected chi connectivity index (χ1v) is 5.29. The third kappa shape index (κ3) is 8.26. The number of aliphatic hydroxyl groups is 1. The van der Waals surface area contributed by atoms with Gasteiger partial charge in [0.2, 0.25) is 0 Å². The molecule has 0 atom stereocenters. The summed E-state index contributed by atoms with van der Waals surface area (Å²) >= 11 is 0. The Morgan fingerprint density at radius 3 is 2.38 bits per heavy atom. The highest BCUT2D eigenvalue weighted by atomic mass is 16.3. The van der Waals surface area contributed by atoms with Gasteiger partial charge in [-0.15, -0.1) is 0 Å². The fourth-order valence-corrected chi connectivity index (χ4v) is 1.21. The summed E-state index contributed by atoms with van der Waals surface area (Å²) in [6, 6.07) is 0. The van der Waals surface area contributed by atoms with Gasteiger partial charge < -0.3 is 10.4 Å². The normalized spacial score (nSPS) is 12.5. The van der Waals surface area contributed by atoms with Crippen molar-refractivity contribution in [3.05, 3.63) is 0 Å². The van der Waals surface area contributed by atoms with Crippen molar-refractivity contribution in [1.82, 2.24) is 5.32 Å². The molecule has 2 N–H and O–H groups in total. The van der Waals surface area contributed by atoms with E-state index in [0.29, 0.717) is 6.61 Å². The summed E-state index contributed by atoms with van der Waals surface area (Å²) < 4.78 is 0. The van der Waals surface area contributed by atoms with Crippen molar-refractivity contribution in [3.63, 3.8) is 0 Å². The minimum atomic E-state index is 0.228. The van der Waals surface area contributed by atoms with Crippen LogP contribution in [0.2, 0.25) is 0 Å². The maximum atomic E-state index is 8.82. The maximum absolute atomic E-state index is 8.82. The van der Waals surface area contributed by atoms with Crippen molar-refractivity contribution >= 4 is 0 Å². The van der Waals surface area contributed by atoms with Crippen LogP contribution in [0.5, 0.6) is 0 Å². The summed E-state index contributed by atoms with van der Waals surface area (Å²) in [6.45, 7) is 11.2. The summed E-state index contributed by atoms with van der Waals surface area (Å²) in [5, 5.41) is 12.2. The predicted octanol–water partition coefficient (Wildman–Crippen LogP) is 2.03. The average molecular weight is 187 g/mol. The van der Waals surface area contributed by atoms with Crippen LogP contribution in [0.4, 0.5) is 0 Å². The minimum absolute atomic E-state index is 0.228. The Bertz CT molecular complexity index is 121. The second-order valence-electron chi connectivity index (χ2n) is 5.00. The molecule has 0 saturated carbocycles. The molecular weight excluding hydrogens is 162 g/mol. The Kier molecular flexibility index (Phi) is 6.35. The Hall–Kier alpha value is -0.0800. The second-order valence-corrected chi connectivity index (χ2v) is 5.00. The third-order valence-corrected chi connectivity index (χ3v) is 2.29. The van der Waals surface area contributed by atoms with E-state index in [1.54, 1.807) is 0 Å². The molecule has 0 aliphatic heterocycles. The first kappa shape index (κ1) is 12.9. The molecule has 2 nitrogen and oxygen atoms in total. The number of rotatable bonds is 7. The van der Waals surface area contributed by atoms with Gasteiger partial charge in [0, 0.05) is 13.2 Å². The number of hydrogen-bond acceptors (Lipinski definition) is 2. The Morgan fingerprint density at radius 1 is 1.31 bits per heavy atom. The Balaban J connectivity index is 3.40. The van der Waals surface area contributed by atoms with Crippen LogP contribution in [0.1, 0.15) is 40.5 Å². The SMILES string of the molecule is CC(C)CCNCC(C)(C)CCO. The first-order valence-electron chi connectivity index (χ1n) is 5.29. The van der Waals surface area contributed by atoms with Crippen LogP contribution in [0, 0.1) is 11.3 Å². The zero-order chi connectivity index (χ0) is 10.3. The number of aliphatic hydroxyl groups excluding tert-OH is 1. The van der Waals surface area contributed by atoms with Gasteiger partial charge in [0.05, 0.1) is 0 Å². The molecule has 0 unspecified atom stereocenters. The molecule has 0 amide bonds. The van der Waals surface area contributed by atoms with Crippen LogP contribution in [0.3, 0.4) is 0 Å². The van der Waals surface area contributed by atoms with Gasteiger partial charge in [0.25, 0.3) is 0 Å². The smallest absolute Gasteiger partial charge is 0.0436 e. The molecule has 0 rings (SSSR count). The molecule has 0 aliphatic carbocycles. The van der Waals surface area contributed by atoms with Crippen molar-refractivity contribution in [2.24, 2.45) is 11.3 Å². The van der Waals surface area contributed by atoms with E-state index in [9.17, 15) is 0 Å². The van der Waals surface area contributed by atoms with Gasteiger partial charge in [-0.2, -0.15) is 0 Å². The van der Waals surface area contributed by atoms with Crippen molar-refractivity contribution in [2.45, 2.75) is 40.5 Å². The molecule has 0 bridgehead atoms. The van der Waals surface area contributed by atoms with E-state index in [1.165, 1.54) is 6.42 Å². The van der Waals surface area contributed by atoms with E-state index >= 15 is 0 Å². The molecule has 0 fully saturated rings. The quantitative estimate of drug-likeness (QED) is 0.598. The van der Waals surface area contributed by atoms with Crippen molar-refractivity contribution in [1.29, 1.82) is 0 Å². The first-order chi connectivity index (χ1) is 5.98. The molecule has 13 heavy (non-hydrogen) atoms. The second kappa shape index (κ2) is 6.39. The van der Waals surface area contributed by atoms with E-state index in [1.807, 2.05) is 0 Å². The van der Waals surface area contributed by atoms with E-state index < -0.39 is 0 Å². The van der Waals surface area contributed by atoms with E-state index in [0.717, 1.165) is 25.4 Å². The highest BCUT2D eigenvalue weighted by molar-refractivity contribution is 4.70. The summed E-state index contributed by atoms with van der Waals surface area (Å²) in [7, 11) is 0. The number of nitrogens with one attached hydrogen (secondary N) is 1. The molecule has 80 valence electrons. The lowest BCUT2D eigenvalue weighted by molar-refractivity contribution is 0.207. The van der Waals surface area contributed by atoms with Crippen LogP contribution >= 0.6 is 0 Å². The standard InChI is InChI=1S/C11H25NO/c1-10(2)5-7-12-9-11(3,4)6-8-13/h10,12-13H,5-9H2,1-4H3. The lowest BCUT2D eigenvalue weighted by Crippen LogP contribution is -2.31. The van der Waals surface area contributed by atoms with Crippen LogP contribution in [-0.4, -0.2) is 24.8 Å². The zero-order valence-electron chi connectivity index (χ0n) is 9.56. The van der Waals surface area contributed by atoms with Gasteiger partial charge in [0.1, 0.15) is 0 Å². The molecule has 2 heteroatoms. The molecule has 0 spiro atoms. The fourth-order valence-electron chi connectivity index (χ4n) is 1.21. The predicted molar refractivity (Wildman–Crippen MR) is 57.8 cm³/mol. The lowest BCUT2D eigenvalue weighted by Gasteiger charge is -2.24. The van der Waals surface area contributed by atoms with E-state index in [-0.39, 0.29) is 5.41 Å². The summed E-state index contributed by atoms with van der Waals surface area (Å²) in [6.07, 6.45) is 2.11.